The average Bonchev–Trinajstić information content (AvgIpc) is 2.80. The smallest absolute Gasteiger partial charge is 0.257 e. The van der Waals surface area contributed by atoms with Gasteiger partial charge in [-0.15, -0.1) is 0 Å². The normalized spacial score (nSPS) is 10.5. The summed E-state index contributed by atoms with van der Waals surface area (Å²) < 4.78 is 5.02. The molecule has 0 unspecified atom stereocenters. The van der Waals surface area contributed by atoms with Crippen LogP contribution in [0.25, 0.3) is 22.3 Å². The monoisotopic (exact) mass is 415 g/mol. The van der Waals surface area contributed by atoms with Crippen molar-refractivity contribution in [1.82, 2.24) is 9.97 Å². The highest BCUT2D eigenvalue weighted by Crippen LogP contribution is 2.29. The molecule has 0 fully saturated rings. The van der Waals surface area contributed by atoms with E-state index in [4.69, 9.17) is 16.3 Å². The fourth-order valence-electron chi connectivity index (χ4n) is 3.03. The Bertz CT molecular complexity index is 1160. The van der Waals surface area contributed by atoms with Crippen LogP contribution in [0.3, 0.4) is 0 Å². The maximum atomic E-state index is 12.6. The summed E-state index contributed by atoms with van der Waals surface area (Å²) in [5, 5.41) is 3.14. The Kier molecular flexibility index (Phi) is 5.72. The number of nitrogens with zero attached hydrogens (tertiary/aromatic N) is 2. The van der Waals surface area contributed by atoms with Crippen molar-refractivity contribution in [2.45, 2.75) is 0 Å². The number of rotatable bonds is 5. The van der Waals surface area contributed by atoms with Crippen LogP contribution in [0.15, 0.2) is 85.2 Å². The molecular weight excluding hydrogens is 398 g/mol. The van der Waals surface area contributed by atoms with Gasteiger partial charge in [0.15, 0.2) is 0 Å². The number of hydrogen-bond acceptors (Lipinski definition) is 4. The van der Waals surface area contributed by atoms with Gasteiger partial charge in [0, 0.05) is 17.8 Å². The van der Waals surface area contributed by atoms with E-state index in [1.807, 2.05) is 42.5 Å². The molecule has 4 rings (SSSR count). The summed E-state index contributed by atoms with van der Waals surface area (Å²) >= 11 is 6.32. The average molecular weight is 416 g/mol. The Morgan fingerprint density at radius 3 is 2.23 bits per heavy atom. The van der Waals surface area contributed by atoms with Crippen LogP contribution < -0.4 is 10.1 Å². The van der Waals surface area contributed by atoms with Crippen molar-refractivity contribution in [1.29, 1.82) is 0 Å². The first-order valence-electron chi connectivity index (χ1n) is 9.27. The molecule has 30 heavy (non-hydrogen) atoms. The fourth-order valence-corrected chi connectivity index (χ4v) is 3.24. The van der Waals surface area contributed by atoms with Crippen molar-refractivity contribution in [3.63, 3.8) is 0 Å². The van der Waals surface area contributed by atoms with Gasteiger partial charge in [0.2, 0.25) is 5.88 Å². The summed E-state index contributed by atoms with van der Waals surface area (Å²) in [6, 6.07) is 23.2. The number of ether oxygens (including phenoxy) is 1. The quantitative estimate of drug-likeness (QED) is 0.423. The predicted molar refractivity (Wildman–Crippen MR) is 119 cm³/mol. The molecule has 6 heteroatoms. The molecule has 2 heterocycles. The van der Waals surface area contributed by atoms with Gasteiger partial charge in [-0.1, -0.05) is 66.2 Å². The number of nitrogens with one attached hydrogen (secondary N) is 1. The lowest BCUT2D eigenvalue weighted by molar-refractivity contribution is 0.102. The zero-order chi connectivity index (χ0) is 20.9. The van der Waals surface area contributed by atoms with E-state index in [0.717, 1.165) is 16.7 Å². The Hall–Kier alpha value is -3.70. The molecule has 0 aliphatic rings. The number of carbonyl (C=O) groups is 1. The van der Waals surface area contributed by atoms with Crippen molar-refractivity contribution in [2.24, 2.45) is 0 Å². The largest absolute Gasteiger partial charge is 0.481 e. The lowest BCUT2D eigenvalue weighted by atomic mass is 10.0. The molecule has 0 aliphatic carbocycles. The van der Waals surface area contributed by atoms with E-state index in [-0.39, 0.29) is 5.91 Å². The summed E-state index contributed by atoms with van der Waals surface area (Å²) in [6.45, 7) is 0. The second-order valence-corrected chi connectivity index (χ2v) is 6.91. The van der Waals surface area contributed by atoms with Crippen molar-refractivity contribution < 1.29 is 9.53 Å². The van der Waals surface area contributed by atoms with Gasteiger partial charge in [-0.25, -0.2) is 9.97 Å². The Morgan fingerprint density at radius 2 is 1.57 bits per heavy atom. The minimum Gasteiger partial charge on any atom is -0.481 e. The number of benzene rings is 2. The van der Waals surface area contributed by atoms with Gasteiger partial charge in [-0.3, -0.25) is 4.79 Å². The topological polar surface area (TPSA) is 64.1 Å². The summed E-state index contributed by atoms with van der Waals surface area (Å²) in [6.07, 6.45) is 2.99. The molecule has 0 bridgehead atoms. The van der Waals surface area contributed by atoms with Gasteiger partial charge in [0.1, 0.15) is 5.15 Å². The summed E-state index contributed by atoms with van der Waals surface area (Å²) in [4.78, 5) is 20.9. The van der Waals surface area contributed by atoms with E-state index in [9.17, 15) is 4.79 Å². The summed E-state index contributed by atoms with van der Waals surface area (Å²) in [5.41, 5.74) is 4.77. The standard InChI is InChI=1S/C24H18ClN3O2/c1-30-22-12-11-20(15-26-22)28-24(29)19-13-21(23(25)27-14-19)18-9-7-17(8-10-18)16-5-3-2-4-6-16/h2-15H,1H3,(H,28,29). The highest BCUT2D eigenvalue weighted by atomic mass is 35.5. The third-order valence-electron chi connectivity index (χ3n) is 4.61. The molecule has 2 aromatic heterocycles. The van der Waals surface area contributed by atoms with Crippen LogP contribution in [0.4, 0.5) is 5.69 Å². The minimum atomic E-state index is -0.298. The second kappa shape index (κ2) is 8.76. The van der Waals surface area contributed by atoms with Gasteiger partial charge < -0.3 is 10.1 Å². The van der Waals surface area contributed by atoms with Crippen LogP contribution in [0.1, 0.15) is 10.4 Å². The van der Waals surface area contributed by atoms with E-state index >= 15 is 0 Å². The first-order chi connectivity index (χ1) is 14.6. The number of pyridine rings is 2. The van der Waals surface area contributed by atoms with Crippen LogP contribution in [-0.4, -0.2) is 23.0 Å². The Balaban J connectivity index is 1.57. The maximum Gasteiger partial charge on any atom is 0.257 e. The number of anilines is 1. The van der Waals surface area contributed by atoms with Crippen LogP contribution in [0.2, 0.25) is 5.15 Å². The molecule has 5 nitrogen and oxygen atoms in total. The molecule has 0 saturated carbocycles. The highest BCUT2D eigenvalue weighted by molar-refractivity contribution is 6.32. The first-order valence-corrected chi connectivity index (χ1v) is 9.64. The lowest BCUT2D eigenvalue weighted by Gasteiger charge is -2.09. The molecule has 1 amide bonds. The maximum absolute atomic E-state index is 12.6. The highest BCUT2D eigenvalue weighted by Gasteiger charge is 2.12. The molecule has 0 atom stereocenters. The minimum absolute atomic E-state index is 0.298. The van der Waals surface area contributed by atoms with E-state index in [2.05, 4.69) is 27.4 Å². The van der Waals surface area contributed by atoms with Gasteiger partial charge >= 0.3 is 0 Å². The molecule has 0 radical (unpaired) electrons. The van der Waals surface area contributed by atoms with Gasteiger partial charge in [-0.2, -0.15) is 0 Å². The van der Waals surface area contributed by atoms with Gasteiger partial charge in [-0.05, 0) is 28.8 Å². The number of aromatic nitrogens is 2. The van der Waals surface area contributed by atoms with Crippen LogP contribution in [-0.2, 0) is 0 Å². The number of carbonyl (C=O) groups excluding carboxylic acids is 1. The van der Waals surface area contributed by atoms with Gasteiger partial charge in [0.05, 0.1) is 24.6 Å². The zero-order valence-corrected chi connectivity index (χ0v) is 16.9. The van der Waals surface area contributed by atoms with Crippen LogP contribution in [0.5, 0.6) is 5.88 Å². The van der Waals surface area contributed by atoms with Crippen molar-refractivity contribution >= 4 is 23.2 Å². The molecular formula is C24H18ClN3O2. The lowest BCUT2D eigenvalue weighted by Crippen LogP contribution is -2.12. The molecule has 0 spiro atoms. The Labute approximate surface area is 179 Å². The summed E-state index contributed by atoms with van der Waals surface area (Å²) in [5.74, 6) is 0.177. The van der Waals surface area contributed by atoms with Crippen molar-refractivity contribution in [2.75, 3.05) is 12.4 Å². The molecule has 2 aromatic carbocycles. The predicted octanol–water partition coefficient (Wildman–Crippen LogP) is 5.72. The number of amides is 1. The first kappa shape index (κ1) is 19.6. The molecule has 4 aromatic rings. The zero-order valence-electron chi connectivity index (χ0n) is 16.2. The third kappa shape index (κ3) is 4.31. The van der Waals surface area contributed by atoms with Crippen molar-refractivity contribution in [3.8, 4) is 28.1 Å². The SMILES string of the molecule is COc1ccc(NC(=O)c2cnc(Cl)c(-c3ccc(-c4ccccc4)cc3)c2)cn1. The van der Waals surface area contributed by atoms with E-state index < -0.39 is 0 Å². The molecule has 148 valence electrons. The van der Waals surface area contributed by atoms with E-state index in [1.165, 1.54) is 19.5 Å². The molecule has 0 saturated heterocycles. The van der Waals surface area contributed by atoms with Gasteiger partial charge in [0.25, 0.3) is 5.91 Å². The second-order valence-electron chi connectivity index (χ2n) is 6.55. The van der Waals surface area contributed by atoms with Crippen LogP contribution in [0, 0.1) is 0 Å². The number of methoxy groups -OCH3 is 1. The number of hydrogen-bond donors (Lipinski definition) is 1. The molecule has 0 aliphatic heterocycles. The number of halogens is 1. The third-order valence-corrected chi connectivity index (χ3v) is 4.91. The summed E-state index contributed by atoms with van der Waals surface area (Å²) in [7, 11) is 1.54. The van der Waals surface area contributed by atoms with Crippen LogP contribution >= 0.6 is 11.6 Å². The fraction of sp³-hybridized carbons (Fsp3) is 0.0417. The molecule has 1 N–H and O–H groups in total. The van der Waals surface area contributed by atoms with E-state index in [0.29, 0.717) is 27.8 Å². The Morgan fingerprint density at radius 1 is 0.867 bits per heavy atom. The van der Waals surface area contributed by atoms with E-state index in [1.54, 1.807) is 18.2 Å². The van der Waals surface area contributed by atoms with Crippen molar-refractivity contribution in [3.05, 3.63) is 95.9 Å².